The van der Waals surface area contributed by atoms with Crippen LogP contribution in [0.4, 0.5) is 0 Å². The molecule has 0 aliphatic heterocycles. The maximum absolute atomic E-state index is 14.5. The summed E-state index contributed by atoms with van der Waals surface area (Å²) < 4.78 is 0. The summed E-state index contributed by atoms with van der Waals surface area (Å²) in [6.07, 6.45) is -8.90. The highest BCUT2D eigenvalue weighted by Gasteiger charge is 2.40. The van der Waals surface area contributed by atoms with E-state index in [1.807, 2.05) is 5.32 Å². The number of amides is 17. The predicted molar refractivity (Wildman–Crippen MR) is 432 cm³/mol. The number of phenolic OH excluding ortho intramolecular Hbond substituents is 1. The van der Waals surface area contributed by atoms with Crippen molar-refractivity contribution in [3.8, 4) is 5.75 Å². The van der Waals surface area contributed by atoms with Crippen LogP contribution < -0.4 is 96.5 Å². The van der Waals surface area contributed by atoms with Crippen molar-refractivity contribution in [3.05, 3.63) is 65.7 Å². The van der Waals surface area contributed by atoms with Gasteiger partial charge in [-0.25, -0.2) is 0 Å². The summed E-state index contributed by atoms with van der Waals surface area (Å²) in [4.78, 5) is 277. The van der Waals surface area contributed by atoms with Gasteiger partial charge in [0.25, 0.3) is 0 Å². The molecule has 0 spiro atoms. The fourth-order valence-electron chi connectivity index (χ4n) is 11.1. The topological polar surface area (TPSA) is 785 Å². The van der Waals surface area contributed by atoms with E-state index in [2.05, 4.69) is 92.4 Å². The van der Waals surface area contributed by atoms with Gasteiger partial charge in [-0.3, -0.25) is 101 Å². The Bertz CT molecular complexity index is 4090. The third-order valence-electron chi connectivity index (χ3n) is 18.1. The van der Waals surface area contributed by atoms with Crippen LogP contribution in [-0.4, -0.2) is 305 Å². The van der Waals surface area contributed by atoms with Crippen LogP contribution in [0.15, 0.2) is 54.6 Å². The van der Waals surface area contributed by atoms with Crippen molar-refractivity contribution in [1.82, 2.24) is 85.1 Å². The highest BCUT2D eigenvalue weighted by atomic mass is 32.1. The molecule has 2 rings (SSSR count). The SMILES string of the molecule is CC(C)C[C@H](NC(=O)[C@H](Cc1ccc(O)cc1)NC(=O)[C@H](CO)NC(=O)[C@H](CS)NC(=O)[C@@H](NC(=O)[C@H](CC(=O)O)NC(=O)[C@H](CO)NC(=O)[C@@H](NC(=O)[C@H](Cc1ccccc1)NC(=O)[C@@H](NC(=O)CNC(=O)[C@@H](N)CCC(=O)O)[C@@H](C)O)[C@@H](C)O)C(C)C)C(=O)N[C@@H](CCC(=O)O)C(=O)NCC(=O)N[C@@H](CCC(N)=O)C(=O)N[C@@H](C)C(=O)N[C@@H](C)C(=O)O. The van der Waals surface area contributed by atoms with Crippen LogP contribution in [0.25, 0.3) is 0 Å². The van der Waals surface area contributed by atoms with E-state index in [0.717, 1.165) is 20.8 Å². The molecule has 124 heavy (non-hydrogen) atoms. The molecule has 0 bridgehead atoms. The number of carbonyl (C=O) groups is 21. The zero-order chi connectivity index (χ0) is 94.1. The highest BCUT2D eigenvalue weighted by Crippen LogP contribution is 2.16. The summed E-state index contributed by atoms with van der Waals surface area (Å²) in [5.41, 5.74) is 11.6. The molecular formula is C75H112N18O30S. The summed E-state index contributed by atoms with van der Waals surface area (Å²) in [5, 5.41) is 126. The number of thiol groups is 1. The molecule has 17 amide bonds. The molecule has 2 aromatic rings. The van der Waals surface area contributed by atoms with Gasteiger partial charge in [-0.2, -0.15) is 12.6 Å². The van der Waals surface area contributed by atoms with Gasteiger partial charge in [-0.1, -0.05) is 70.2 Å². The van der Waals surface area contributed by atoms with Gasteiger partial charge in [0.05, 0.1) is 51.0 Å². The van der Waals surface area contributed by atoms with Gasteiger partial charge in [-0.05, 0) is 88.5 Å². The molecule has 29 N–H and O–H groups in total. The minimum absolute atomic E-state index is 0.221. The number of primary amides is 1. The smallest absolute Gasteiger partial charge is 0.325 e. The summed E-state index contributed by atoms with van der Waals surface area (Å²) >= 11 is 4.15. The number of phenols is 1. The van der Waals surface area contributed by atoms with E-state index in [4.69, 9.17) is 21.7 Å². The summed E-state index contributed by atoms with van der Waals surface area (Å²) in [6, 6.07) is -13.3. The van der Waals surface area contributed by atoms with E-state index in [1.54, 1.807) is 32.0 Å². The van der Waals surface area contributed by atoms with Gasteiger partial charge in [0.15, 0.2) is 0 Å². The standard InChI is InChI=1S/C75H112N18O30S/c1-33(2)24-45(65(112)83-43(20-23-56(104)105)63(110)79-28-53(100)82-44(19-21-52(77)99)64(111)80-35(5)61(108)81-36(6)75(122)123)84-66(113)46(26-40-14-16-41(98)17-15-40)85-69(116)49(30-94)88-71(118)51(32-124)90-72(119)58(34(3)4)92-68(115)48(27-57(106)107)86-70(117)50(31-95)89-74(121)60(38(8)97)93-67(114)47(25-39-12-10-9-11-13-39)87-73(120)59(37(7)96)91-54(101)29-78-62(109)42(76)18-22-55(102)103/h9-17,33-38,42-51,58-60,94-98,124H,18-32,76H2,1-8H3,(H2,77,99)(H,78,109)(H,79,110)(H,80,111)(H,81,108)(H,82,100)(H,83,112)(H,84,113)(H,85,116)(H,86,117)(H,87,120)(H,88,118)(H,89,121)(H,90,119)(H,91,101)(H,92,115)(H,93,114)(H,102,103)(H,104,105)(H,106,107)(H,122,123)/t35-,36-,37+,38+,42-,43-,44-,45-,46-,47-,48-,49-,50-,51-,58-,59-,60-/m0/s1. The minimum Gasteiger partial charge on any atom is -0.508 e. The van der Waals surface area contributed by atoms with E-state index in [9.17, 15) is 136 Å². The second-order valence-corrected chi connectivity index (χ2v) is 29.8. The predicted octanol–water partition coefficient (Wildman–Crippen LogP) is -10.5. The maximum Gasteiger partial charge on any atom is 0.325 e. The lowest BCUT2D eigenvalue weighted by Crippen LogP contribution is -2.63. The summed E-state index contributed by atoms with van der Waals surface area (Å²) in [5.74, 6) is -27.9. The number of aliphatic hydroxyl groups excluding tert-OH is 4. The number of nitrogens with two attached hydrogens (primary N) is 2. The molecular weight excluding hydrogens is 1660 g/mol. The average molecular weight is 1780 g/mol. The van der Waals surface area contributed by atoms with E-state index < -0.39 is 316 Å². The molecule has 0 fully saturated rings. The Kier molecular flexibility index (Phi) is 46.7. The number of aliphatic hydroxyl groups is 4. The number of benzene rings is 2. The molecule has 49 heteroatoms. The lowest BCUT2D eigenvalue weighted by Gasteiger charge is -2.29. The maximum atomic E-state index is 14.5. The highest BCUT2D eigenvalue weighted by molar-refractivity contribution is 7.80. The first-order valence-corrected chi connectivity index (χ1v) is 39.4. The number of carboxylic acid groups (broad SMARTS) is 4. The molecule has 0 aliphatic carbocycles. The molecule has 688 valence electrons. The minimum atomic E-state index is -2.15. The molecule has 0 aliphatic rings. The van der Waals surface area contributed by atoms with Crippen molar-refractivity contribution >= 4 is 137 Å². The van der Waals surface area contributed by atoms with Crippen LogP contribution in [-0.2, 0) is 114 Å². The van der Waals surface area contributed by atoms with Gasteiger partial charge in [-0.15, -0.1) is 0 Å². The second-order valence-electron chi connectivity index (χ2n) is 29.4. The first-order valence-electron chi connectivity index (χ1n) is 38.7. The number of rotatable bonds is 56. The number of aliphatic carboxylic acids is 4. The second kappa shape index (κ2) is 53.9. The molecule has 2 aromatic carbocycles. The van der Waals surface area contributed by atoms with E-state index in [0.29, 0.717) is 5.56 Å². The zero-order valence-corrected chi connectivity index (χ0v) is 69.9. The molecule has 0 heterocycles. The Labute approximate surface area is 715 Å². The van der Waals surface area contributed by atoms with Gasteiger partial charge in [0.1, 0.15) is 90.3 Å². The van der Waals surface area contributed by atoms with Crippen molar-refractivity contribution in [2.24, 2.45) is 23.3 Å². The Morgan fingerprint density at radius 3 is 1.24 bits per heavy atom. The first kappa shape index (κ1) is 107. The summed E-state index contributed by atoms with van der Waals surface area (Å²) in [7, 11) is 0. The number of nitrogens with one attached hydrogen (secondary N) is 16. The van der Waals surface area contributed by atoms with Gasteiger partial charge >= 0.3 is 23.9 Å². The fraction of sp³-hybridized carbons (Fsp3) is 0.560. The number of hydrogen-bond donors (Lipinski definition) is 28. The lowest BCUT2D eigenvalue weighted by atomic mass is 10.00. The van der Waals surface area contributed by atoms with Gasteiger partial charge < -0.3 is 142 Å². The van der Waals surface area contributed by atoms with Crippen molar-refractivity contribution in [2.45, 2.75) is 222 Å². The molecule has 0 saturated heterocycles. The Hall–Kier alpha value is -12.7. The fourth-order valence-corrected chi connectivity index (χ4v) is 11.4. The zero-order valence-electron chi connectivity index (χ0n) is 69.0. The first-order chi connectivity index (χ1) is 58.0. The van der Waals surface area contributed by atoms with Crippen LogP contribution in [0.2, 0.25) is 0 Å². The largest absolute Gasteiger partial charge is 0.508 e. The van der Waals surface area contributed by atoms with Crippen molar-refractivity contribution in [2.75, 3.05) is 32.1 Å². The van der Waals surface area contributed by atoms with Gasteiger partial charge in [0.2, 0.25) is 100 Å². The van der Waals surface area contributed by atoms with Gasteiger partial charge in [0, 0.05) is 37.9 Å². The Morgan fingerprint density at radius 1 is 0.371 bits per heavy atom. The van der Waals surface area contributed by atoms with Crippen LogP contribution in [0, 0.1) is 11.8 Å². The van der Waals surface area contributed by atoms with Crippen molar-refractivity contribution < 1.29 is 147 Å². The van der Waals surface area contributed by atoms with Crippen molar-refractivity contribution in [1.29, 1.82) is 0 Å². The number of aromatic hydroxyl groups is 1. The van der Waals surface area contributed by atoms with E-state index in [1.165, 1.54) is 57.2 Å². The summed E-state index contributed by atoms with van der Waals surface area (Å²) in [6.45, 7) is 6.08. The number of carbonyl (C=O) groups excluding carboxylic acids is 17. The lowest BCUT2D eigenvalue weighted by molar-refractivity contribution is -0.142. The average Bonchev–Trinajstić information content (AvgIpc) is 0.852. The van der Waals surface area contributed by atoms with Crippen LogP contribution in [0.5, 0.6) is 5.75 Å². The molecule has 0 saturated carbocycles. The van der Waals surface area contributed by atoms with E-state index in [-0.39, 0.29) is 30.6 Å². The van der Waals surface area contributed by atoms with Crippen molar-refractivity contribution in [3.63, 3.8) is 0 Å². The van der Waals surface area contributed by atoms with Crippen LogP contribution >= 0.6 is 12.6 Å². The quantitative estimate of drug-likeness (QED) is 0.0274. The third-order valence-corrected chi connectivity index (χ3v) is 18.4. The van der Waals surface area contributed by atoms with Crippen LogP contribution in [0.3, 0.4) is 0 Å². The Balaban J connectivity index is 2.38. The van der Waals surface area contributed by atoms with E-state index >= 15 is 0 Å². The monoisotopic (exact) mass is 1780 g/mol. The molecule has 0 unspecified atom stereocenters. The Morgan fingerprint density at radius 2 is 0.750 bits per heavy atom. The normalized spacial score (nSPS) is 15.2. The number of carboxylic acids is 4. The third kappa shape index (κ3) is 39.4. The molecule has 17 atom stereocenters. The van der Waals surface area contributed by atoms with Crippen LogP contribution in [0.1, 0.15) is 118 Å². The molecule has 0 radical (unpaired) electrons. The molecule has 0 aromatic heterocycles. The number of hydrogen-bond acceptors (Lipinski definition) is 28. The molecule has 48 nitrogen and oxygen atoms in total.